The number of unbranched alkanes of at least 4 members (excludes halogenated alkanes) is 3. The molecule has 1 aromatic carbocycles. The van der Waals surface area contributed by atoms with Gasteiger partial charge >= 0.3 is 0 Å². The minimum absolute atomic E-state index is 0.155. The summed E-state index contributed by atoms with van der Waals surface area (Å²) in [6.45, 7) is 3.05. The van der Waals surface area contributed by atoms with Crippen LogP contribution in [-0.2, 0) is 6.73 Å². The second kappa shape index (κ2) is 9.20. The number of amides is 1. The standard InChI is InChI=1S/C17H22ClN3O2/c1-2-3-4-7-11-19-17(22)15-10-12-21(20-15)13-23-16-9-6-5-8-14(16)18/h5-6,8-10,12H,2-4,7,11,13H2,1H3,(H,19,22). The molecule has 23 heavy (non-hydrogen) atoms. The third-order valence-corrected chi connectivity index (χ3v) is 3.69. The summed E-state index contributed by atoms with van der Waals surface area (Å²) < 4.78 is 7.14. The van der Waals surface area contributed by atoms with Crippen molar-refractivity contribution in [2.45, 2.75) is 39.3 Å². The molecule has 1 amide bonds. The fourth-order valence-corrected chi connectivity index (χ4v) is 2.29. The van der Waals surface area contributed by atoms with Gasteiger partial charge in [-0.1, -0.05) is 49.9 Å². The lowest BCUT2D eigenvalue weighted by molar-refractivity contribution is 0.0946. The second-order valence-corrected chi connectivity index (χ2v) is 5.67. The molecular formula is C17H22ClN3O2. The average Bonchev–Trinajstić information content (AvgIpc) is 3.03. The minimum Gasteiger partial charge on any atom is -0.470 e. The van der Waals surface area contributed by atoms with Gasteiger partial charge in [-0.25, -0.2) is 4.68 Å². The van der Waals surface area contributed by atoms with Crippen LogP contribution in [-0.4, -0.2) is 22.2 Å². The highest BCUT2D eigenvalue weighted by Crippen LogP contribution is 2.23. The van der Waals surface area contributed by atoms with Gasteiger partial charge < -0.3 is 10.1 Å². The number of carbonyl (C=O) groups is 1. The molecule has 0 saturated heterocycles. The normalized spacial score (nSPS) is 10.5. The summed E-state index contributed by atoms with van der Waals surface area (Å²) >= 11 is 6.02. The van der Waals surface area contributed by atoms with Crippen molar-refractivity contribution in [2.24, 2.45) is 0 Å². The summed E-state index contributed by atoms with van der Waals surface area (Å²) in [7, 11) is 0. The van der Waals surface area contributed by atoms with Crippen LogP contribution in [0, 0.1) is 0 Å². The van der Waals surface area contributed by atoms with E-state index >= 15 is 0 Å². The fraction of sp³-hybridized carbons (Fsp3) is 0.412. The van der Waals surface area contributed by atoms with E-state index in [4.69, 9.17) is 16.3 Å². The SMILES string of the molecule is CCCCCCNC(=O)c1ccn(COc2ccccc2Cl)n1. The molecule has 0 radical (unpaired) electrons. The van der Waals surface area contributed by atoms with Crippen molar-refractivity contribution in [1.82, 2.24) is 15.1 Å². The zero-order chi connectivity index (χ0) is 16.5. The Labute approximate surface area is 141 Å². The van der Waals surface area contributed by atoms with E-state index in [1.807, 2.05) is 12.1 Å². The highest BCUT2D eigenvalue weighted by atomic mass is 35.5. The average molecular weight is 336 g/mol. The number of nitrogens with one attached hydrogen (secondary N) is 1. The first-order valence-electron chi connectivity index (χ1n) is 7.89. The Morgan fingerprint density at radius 1 is 1.26 bits per heavy atom. The van der Waals surface area contributed by atoms with Gasteiger partial charge in [0.05, 0.1) is 5.02 Å². The molecule has 0 fully saturated rings. The molecule has 0 aliphatic rings. The number of hydrogen-bond acceptors (Lipinski definition) is 3. The van der Waals surface area contributed by atoms with Gasteiger partial charge in [-0.15, -0.1) is 0 Å². The van der Waals surface area contributed by atoms with E-state index in [0.717, 1.165) is 12.8 Å². The highest BCUT2D eigenvalue weighted by molar-refractivity contribution is 6.32. The summed E-state index contributed by atoms with van der Waals surface area (Å²) in [5.74, 6) is 0.435. The van der Waals surface area contributed by atoms with Crippen LogP contribution in [0.3, 0.4) is 0 Å². The molecule has 124 valence electrons. The third kappa shape index (κ3) is 5.60. The zero-order valence-electron chi connectivity index (χ0n) is 13.3. The third-order valence-electron chi connectivity index (χ3n) is 3.38. The van der Waals surface area contributed by atoms with Crippen LogP contribution in [0.1, 0.15) is 43.1 Å². The summed E-state index contributed by atoms with van der Waals surface area (Å²) in [5.41, 5.74) is 0.392. The van der Waals surface area contributed by atoms with E-state index in [1.54, 1.807) is 29.1 Å². The van der Waals surface area contributed by atoms with Crippen LogP contribution in [0.25, 0.3) is 0 Å². The Kier molecular flexibility index (Phi) is 6.94. The molecule has 1 aromatic heterocycles. The van der Waals surface area contributed by atoms with E-state index in [1.165, 1.54) is 12.8 Å². The number of nitrogens with zero attached hydrogens (tertiary/aromatic N) is 2. The molecule has 0 aliphatic carbocycles. The van der Waals surface area contributed by atoms with E-state index in [2.05, 4.69) is 17.3 Å². The maximum atomic E-state index is 12.0. The van der Waals surface area contributed by atoms with Crippen LogP contribution < -0.4 is 10.1 Å². The van der Waals surface area contributed by atoms with E-state index < -0.39 is 0 Å². The number of hydrogen-bond donors (Lipinski definition) is 1. The van der Waals surface area contributed by atoms with E-state index in [9.17, 15) is 4.79 Å². The monoisotopic (exact) mass is 335 g/mol. The number of carbonyl (C=O) groups excluding carboxylic acids is 1. The number of aromatic nitrogens is 2. The van der Waals surface area contributed by atoms with Gasteiger partial charge in [0.1, 0.15) is 11.4 Å². The van der Waals surface area contributed by atoms with Crippen molar-refractivity contribution in [3.8, 4) is 5.75 Å². The van der Waals surface area contributed by atoms with Crippen molar-refractivity contribution in [1.29, 1.82) is 0 Å². The molecule has 0 spiro atoms. The Hall–Kier alpha value is -2.01. The van der Waals surface area contributed by atoms with Crippen LogP contribution >= 0.6 is 11.6 Å². The lowest BCUT2D eigenvalue weighted by Gasteiger charge is -2.07. The van der Waals surface area contributed by atoms with Crippen molar-refractivity contribution < 1.29 is 9.53 Å². The zero-order valence-corrected chi connectivity index (χ0v) is 14.1. The Bertz CT molecular complexity index is 628. The van der Waals surface area contributed by atoms with Gasteiger partial charge in [-0.2, -0.15) is 5.10 Å². The van der Waals surface area contributed by atoms with Gasteiger partial charge in [-0.3, -0.25) is 4.79 Å². The van der Waals surface area contributed by atoms with Crippen LogP contribution in [0.5, 0.6) is 5.75 Å². The van der Waals surface area contributed by atoms with Crippen LogP contribution in [0.4, 0.5) is 0 Å². The van der Waals surface area contributed by atoms with Crippen molar-refractivity contribution in [3.05, 3.63) is 47.2 Å². The Morgan fingerprint density at radius 3 is 2.87 bits per heavy atom. The molecule has 0 saturated carbocycles. The summed E-state index contributed by atoms with van der Waals surface area (Å²) in [6.07, 6.45) is 6.23. The van der Waals surface area contributed by atoms with Crippen molar-refractivity contribution in [3.63, 3.8) is 0 Å². The van der Waals surface area contributed by atoms with Crippen molar-refractivity contribution in [2.75, 3.05) is 6.54 Å². The Balaban J connectivity index is 1.78. The first kappa shape index (κ1) is 17.3. The maximum absolute atomic E-state index is 12.0. The highest BCUT2D eigenvalue weighted by Gasteiger charge is 2.09. The van der Waals surface area contributed by atoms with Gasteiger partial charge in [0.2, 0.25) is 0 Å². The number of ether oxygens (including phenoxy) is 1. The first-order chi connectivity index (χ1) is 11.2. The summed E-state index contributed by atoms with van der Waals surface area (Å²) in [4.78, 5) is 12.0. The molecule has 0 unspecified atom stereocenters. The maximum Gasteiger partial charge on any atom is 0.271 e. The molecule has 6 heteroatoms. The molecule has 5 nitrogen and oxygen atoms in total. The quantitative estimate of drug-likeness (QED) is 0.707. The first-order valence-corrected chi connectivity index (χ1v) is 8.27. The summed E-state index contributed by atoms with van der Waals surface area (Å²) in [6, 6.07) is 8.91. The second-order valence-electron chi connectivity index (χ2n) is 5.26. The van der Waals surface area contributed by atoms with E-state index in [0.29, 0.717) is 23.0 Å². The molecule has 1 heterocycles. The van der Waals surface area contributed by atoms with Crippen LogP contribution in [0.2, 0.25) is 5.02 Å². The number of halogens is 1. The molecule has 2 aromatic rings. The van der Waals surface area contributed by atoms with Gasteiger partial charge in [0, 0.05) is 12.7 Å². The topological polar surface area (TPSA) is 56.2 Å². The number of rotatable bonds is 9. The molecule has 2 rings (SSSR count). The fourth-order valence-electron chi connectivity index (χ4n) is 2.10. The number of para-hydroxylation sites is 1. The Morgan fingerprint density at radius 2 is 2.09 bits per heavy atom. The lowest BCUT2D eigenvalue weighted by atomic mass is 10.2. The number of benzene rings is 1. The van der Waals surface area contributed by atoms with Gasteiger partial charge in [-0.05, 0) is 24.6 Å². The smallest absolute Gasteiger partial charge is 0.271 e. The largest absolute Gasteiger partial charge is 0.470 e. The minimum atomic E-state index is -0.155. The van der Waals surface area contributed by atoms with Gasteiger partial charge in [0.25, 0.3) is 5.91 Å². The molecule has 0 bridgehead atoms. The predicted molar refractivity (Wildman–Crippen MR) is 90.8 cm³/mol. The summed E-state index contributed by atoms with van der Waals surface area (Å²) in [5, 5.41) is 7.63. The predicted octanol–water partition coefficient (Wildman–Crippen LogP) is 3.88. The molecule has 0 aliphatic heterocycles. The lowest BCUT2D eigenvalue weighted by Crippen LogP contribution is -2.25. The van der Waals surface area contributed by atoms with E-state index in [-0.39, 0.29) is 12.6 Å². The molecule has 1 N–H and O–H groups in total. The van der Waals surface area contributed by atoms with Gasteiger partial charge in [0.15, 0.2) is 6.73 Å². The molecule has 0 atom stereocenters. The van der Waals surface area contributed by atoms with Crippen LogP contribution in [0.15, 0.2) is 36.5 Å². The van der Waals surface area contributed by atoms with Crippen molar-refractivity contribution >= 4 is 17.5 Å². The molecular weight excluding hydrogens is 314 g/mol.